The fourth-order valence-electron chi connectivity index (χ4n) is 4.95. The maximum Gasteiger partial charge on any atom is 0.233 e. The average Bonchev–Trinajstić information content (AvgIpc) is 3.34. The number of benzene rings is 1. The molecule has 34 heavy (non-hydrogen) atoms. The van der Waals surface area contributed by atoms with Crippen LogP contribution in [0.4, 0.5) is 0 Å². The molecule has 0 aliphatic carbocycles. The molecule has 1 heterocycles. The fraction of sp³-hybridized carbons (Fsp3) is 0.571. The summed E-state index contributed by atoms with van der Waals surface area (Å²) in [6, 6.07) is 10.1. The Labute approximate surface area is 206 Å². The van der Waals surface area contributed by atoms with Gasteiger partial charge in [0.1, 0.15) is 0 Å². The summed E-state index contributed by atoms with van der Waals surface area (Å²) in [5.41, 5.74) is 12.8. The van der Waals surface area contributed by atoms with E-state index in [0.717, 1.165) is 62.9 Å². The number of carbonyl (C=O) groups is 2. The van der Waals surface area contributed by atoms with Crippen molar-refractivity contribution in [2.24, 2.45) is 17.4 Å². The predicted octanol–water partition coefficient (Wildman–Crippen LogP) is 3.92. The van der Waals surface area contributed by atoms with Crippen molar-refractivity contribution in [3.63, 3.8) is 0 Å². The molecule has 0 spiro atoms. The summed E-state index contributed by atoms with van der Waals surface area (Å²) in [6.07, 6.45) is 10.9. The molecule has 1 fully saturated rings. The molecule has 5 N–H and O–H groups in total. The predicted molar refractivity (Wildman–Crippen MR) is 142 cm³/mol. The van der Waals surface area contributed by atoms with Crippen molar-refractivity contribution in [1.29, 1.82) is 0 Å². The Hall–Kier alpha value is -2.44. The van der Waals surface area contributed by atoms with Crippen LogP contribution in [0.2, 0.25) is 0 Å². The second kappa shape index (κ2) is 16.2. The first-order chi connectivity index (χ1) is 16.5. The fourth-order valence-corrected chi connectivity index (χ4v) is 4.95. The molecule has 0 aromatic heterocycles. The summed E-state index contributed by atoms with van der Waals surface area (Å²) in [4.78, 5) is 26.8. The zero-order chi connectivity index (χ0) is 25.4. The first-order valence-corrected chi connectivity index (χ1v) is 12.9. The van der Waals surface area contributed by atoms with E-state index in [-0.39, 0.29) is 24.3 Å². The van der Waals surface area contributed by atoms with E-state index in [2.05, 4.69) is 23.2 Å². The van der Waals surface area contributed by atoms with Crippen molar-refractivity contribution in [3.8, 4) is 0 Å². The molecule has 0 bridgehead atoms. The van der Waals surface area contributed by atoms with Gasteiger partial charge in [-0.1, -0.05) is 81.3 Å². The van der Waals surface area contributed by atoms with Crippen molar-refractivity contribution >= 4 is 11.8 Å². The van der Waals surface area contributed by atoms with Crippen LogP contribution < -0.4 is 16.8 Å². The van der Waals surface area contributed by atoms with Crippen LogP contribution in [0, 0.1) is 5.92 Å². The topological polar surface area (TPSA) is 101 Å². The van der Waals surface area contributed by atoms with Crippen molar-refractivity contribution in [2.45, 2.75) is 65.2 Å². The van der Waals surface area contributed by atoms with E-state index in [1.165, 1.54) is 0 Å². The largest absolute Gasteiger partial charge is 0.369 e. The van der Waals surface area contributed by atoms with Gasteiger partial charge in [0.2, 0.25) is 11.8 Å². The standard InChI is InChI=1S/C26H40N4O2.C2H6/c1-3-5-12-21(4-2)26(25(28)32,22-13-8-6-9-14-22)23-15-18-30(20-23)17-11-7-10-16-29-24(31)19-27;1-2/h3,5-6,8-9,12-14,23H,4,7,10-11,15-20,27H2,1-2H3,(H2,28,32)(H,29,31);1-2H3/b5-3-,21-12+;. The summed E-state index contributed by atoms with van der Waals surface area (Å²) in [5.74, 6) is -0.222. The summed E-state index contributed by atoms with van der Waals surface area (Å²) < 4.78 is 0. The van der Waals surface area contributed by atoms with Crippen molar-refractivity contribution in [1.82, 2.24) is 10.2 Å². The number of primary amides is 1. The van der Waals surface area contributed by atoms with Gasteiger partial charge in [0.05, 0.1) is 12.0 Å². The van der Waals surface area contributed by atoms with Gasteiger partial charge in [-0.05, 0) is 57.2 Å². The van der Waals surface area contributed by atoms with E-state index in [1.54, 1.807) is 0 Å². The second-order valence-corrected chi connectivity index (χ2v) is 8.51. The molecule has 2 rings (SSSR count). The molecule has 2 amide bonds. The number of nitrogens with two attached hydrogens (primary N) is 2. The highest BCUT2D eigenvalue weighted by Crippen LogP contribution is 2.45. The number of hydrogen-bond acceptors (Lipinski definition) is 4. The van der Waals surface area contributed by atoms with Gasteiger partial charge in [0.15, 0.2) is 0 Å². The number of likely N-dealkylation sites (tertiary alicyclic amines) is 1. The minimum Gasteiger partial charge on any atom is -0.369 e. The third kappa shape index (κ3) is 7.81. The molecule has 6 nitrogen and oxygen atoms in total. The van der Waals surface area contributed by atoms with Crippen molar-refractivity contribution in [3.05, 3.63) is 59.7 Å². The summed E-state index contributed by atoms with van der Waals surface area (Å²) in [5, 5.41) is 2.81. The zero-order valence-electron chi connectivity index (χ0n) is 21.7. The highest BCUT2D eigenvalue weighted by Gasteiger charge is 2.49. The van der Waals surface area contributed by atoms with E-state index in [0.29, 0.717) is 6.54 Å². The van der Waals surface area contributed by atoms with Crippen LogP contribution in [-0.4, -0.2) is 49.4 Å². The first-order valence-electron chi connectivity index (χ1n) is 12.9. The van der Waals surface area contributed by atoms with Crippen LogP contribution in [-0.2, 0) is 15.0 Å². The minimum atomic E-state index is -0.795. The lowest BCUT2D eigenvalue weighted by Gasteiger charge is -2.39. The molecule has 0 radical (unpaired) electrons. The Kier molecular flexibility index (Phi) is 14.1. The molecule has 6 heteroatoms. The van der Waals surface area contributed by atoms with Gasteiger partial charge in [-0.15, -0.1) is 0 Å². The third-order valence-corrected chi connectivity index (χ3v) is 6.54. The van der Waals surface area contributed by atoms with Crippen LogP contribution in [0.1, 0.15) is 65.4 Å². The summed E-state index contributed by atoms with van der Waals surface area (Å²) in [6.45, 7) is 11.6. The molecule has 1 aliphatic rings. The van der Waals surface area contributed by atoms with Gasteiger partial charge in [0, 0.05) is 13.1 Å². The highest BCUT2D eigenvalue weighted by molar-refractivity contribution is 5.91. The Morgan fingerprint density at radius 3 is 2.47 bits per heavy atom. The first kappa shape index (κ1) is 29.6. The minimum absolute atomic E-state index is 0.0421. The zero-order valence-corrected chi connectivity index (χ0v) is 21.7. The van der Waals surface area contributed by atoms with Crippen molar-refractivity contribution < 1.29 is 9.59 Å². The van der Waals surface area contributed by atoms with Gasteiger partial charge < -0.3 is 21.7 Å². The summed E-state index contributed by atoms with van der Waals surface area (Å²) in [7, 11) is 0. The highest BCUT2D eigenvalue weighted by atomic mass is 16.2. The number of nitrogens with one attached hydrogen (secondary N) is 1. The van der Waals surface area contributed by atoms with Crippen LogP contribution in [0.5, 0.6) is 0 Å². The van der Waals surface area contributed by atoms with E-state index in [9.17, 15) is 9.59 Å². The number of nitrogens with zero attached hydrogens (tertiary/aromatic N) is 1. The van der Waals surface area contributed by atoms with Gasteiger partial charge >= 0.3 is 0 Å². The molecule has 1 aliphatic heterocycles. The van der Waals surface area contributed by atoms with Gasteiger partial charge in [-0.25, -0.2) is 0 Å². The average molecular weight is 471 g/mol. The normalized spacial score (nSPS) is 18.3. The maximum atomic E-state index is 13.2. The van der Waals surface area contributed by atoms with Crippen LogP contribution in [0.25, 0.3) is 0 Å². The lowest BCUT2D eigenvalue weighted by molar-refractivity contribution is -0.124. The van der Waals surface area contributed by atoms with E-state index in [1.807, 2.05) is 63.3 Å². The lowest BCUT2D eigenvalue weighted by Crippen LogP contribution is -2.49. The van der Waals surface area contributed by atoms with Crippen LogP contribution in [0.3, 0.4) is 0 Å². The molecule has 2 unspecified atom stereocenters. The van der Waals surface area contributed by atoms with Gasteiger partial charge in [0.25, 0.3) is 0 Å². The van der Waals surface area contributed by atoms with E-state index < -0.39 is 5.41 Å². The third-order valence-electron chi connectivity index (χ3n) is 6.54. The summed E-state index contributed by atoms with van der Waals surface area (Å²) >= 11 is 0. The monoisotopic (exact) mass is 470 g/mol. The van der Waals surface area contributed by atoms with Crippen molar-refractivity contribution in [2.75, 3.05) is 32.7 Å². The van der Waals surface area contributed by atoms with E-state index in [4.69, 9.17) is 11.5 Å². The molecular weight excluding hydrogens is 424 g/mol. The molecule has 2 atom stereocenters. The second-order valence-electron chi connectivity index (χ2n) is 8.51. The molecule has 1 aromatic rings. The van der Waals surface area contributed by atoms with Crippen LogP contribution in [0.15, 0.2) is 54.1 Å². The molecule has 1 saturated heterocycles. The van der Waals surface area contributed by atoms with Crippen LogP contribution >= 0.6 is 0 Å². The number of unbranched alkanes of at least 4 members (excludes halogenated alkanes) is 2. The lowest BCUT2D eigenvalue weighted by atomic mass is 9.63. The number of rotatable bonds is 13. The Morgan fingerprint density at radius 1 is 1.18 bits per heavy atom. The quantitative estimate of drug-likeness (QED) is 0.300. The van der Waals surface area contributed by atoms with Gasteiger partial charge in [-0.2, -0.15) is 0 Å². The SMILES string of the molecule is C/C=C\C=C(/CC)C(C(N)=O)(c1ccccc1)C1CCN(CCCCCNC(=O)CN)C1.CC. The number of amides is 2. The smallest absolute Gasteiger partial charge is 0.233 e. The van der Waals surface area contributed by atoms with E-state index >= 15 is 0 Å². The molecule has 0 saturated carbocycles. The Morgan fingerprint density at radius 2 is 1.88 bits per heavy atom. The number of hydrogen-bond donors (Lipinski definition) is 3. The molecule has 190 valence electrons. The molecular formula is C28H46N4O2. The maximum absolute atomic E-state index is 13.2. The molecule has 1 aromatic carbocycles. The number of allylic oxidation sites excluding steroid dienone is 3. The van der Waals surface area contributed by atoms with Gasteiger partial charge in [-0.3, -0.25) is 9.59 Å². The number of carbonyl (C=O) groups excluding carboxylic acids is 2. The Bertz CT molecular complexity index is 791. The Balaban J connectivity index is 0.00000281.